The highest BCUT2D eigenvalue weighted by molar-refractivity contribution is 6.36. The van der Waals surface area contributed by atoms with E-state index in [0.29, 0.717) is 6.54 Å². The molecule has 0 bridgehead atoms. The average Bonchev–Trinajstić information content (AvgIpc) is 3.24. The molecular formula is C25H20N2O. The fourth-order valence-electron chi connectivity index (χ4n) is 3.90. The first kappa shape index (κ1) is 16.6. The van der Waals surface area contributed by atoms with Gasteiger partial charge in [-0.15, -0.1) is 0 Å². The first-order valence-corrected chi connectivity index (χ1v) is 9.45. The Kier molecular flexibility index (Phi) is 3.87. The molecule has 1 N–H and O–H groups in total. The fraction of sp³-hybridized carbons (Fsp3) is 0.0800. The maximum atomic E-state index is 13.4. The Hall–Kier alpha value is -3.59. The highest BCUT2D eigenvalue weighted by Gasteiger charge is 2.32. The van der Waals surface area contributed by atoms with Gasteiger partial charge in [-0.1, -0.05) is 60.2 Å². The van der Waals surface area contributed by atoms with E-state index in [2.05, 4.69) is 48.3 Å². The SMILES string of the molecule is Cc1ccc2c(c1)/C(=C/c1c[nH]c3ccccc13)C(=O)N2Cc1ccccc1. The molecule has 1 amide bonds. The van der Waals surface area contributed by atoms with Gasteiger partial charge >= 0.3 is 0 Å². The van der Waals surface area contributed by atoms with E-state index in [1.165, 1.54) is 0 Å². The molecule has 0 saturated carbocycles. The number of aromatic nitrogens is 1. The molecule has 1 aliphatic rings. The molecule has 5 rings (SSSR count). The van der Waals surface area contributed by atoms with Gasteiger partial charge in [-0.3, -0.25) is 4.79 Å². The average molecular weight is 364 g/mol. The Labute approximate surface area is 163 Å². The van der Waals surface area contributed by atoms with Gasteiger partial charge in [0, 0.05) is 33.8 Å². The minimum Gasteiger partial charge on any atom is -0.361 e. The van der Waals surface area contributed by atoms with Crippen molar-refractivity contribution in [2.45, 2.75) is 13.5 Å². The van der Waals surface area contributed by atoms with Gasteiger partial charge in [-0.05, 0) is 36.8 Å². The highest BCUT2D eigenvalue weighted by atomic mass is 16.2. The van der Waals surface area contributed by atoms with Crippen LogP contribution in [0.15, 0.2) is 79.0 Å². The van der Waals surface area contributed by atoms with Crippen molar-refractivity contribution in [2.24, 2.45) is 0 Å². The zero-order valence-electron chi connectivity index (χ0n) is 15.6. The lowest BCUT2D eigenvalue weighted by atomic mass is 10.0. The van der Waals surface area contributed by atoms with Gasteiger partial charge < -0.3 is 9.88 Å². The smallest absolute Gasteiger partial charge is 0.259 e. The molecule has 1 aromatic heterocycles. The summed E-state index contributed by atoms with van der Waals surface area (Å²) < 4.78 is 0. The van der Waals surface area contributed by atoms with Crippen molar-refractivity contribution in [3.05, 3.63) is 101 Å². The molecule has 136 valence electrons. The number of anilines is 1. The number of nitrogens with one attached hydrogen (secondary N) is 1. The van der Waals surface area contributed by atoms with Crippen molar-refractivity contribution in [2.75, 3.05) is 4.90 Å². The number of H-pyrrole nitrogens is 1. The summed E-state index contributed by atoms with van der Waals surface area (Å²) in [5.74, 6) is 0.0507. The van der Waals surface area contributed by atoms with Crippen LogP contribution in [0.2, 0.25) is 0 Å². The van der Waals surface area contributed by atoms with Gasteiger partial charge in [0.05, 0.1) is 12.2 Å². The molecule has 3 heteroatoms. The lowest BCUT2D eigenvalue weighted by Gasteiger charge is -2.17. The second-order valence-electron chi connectivity index (χ2n) is 7.25. The van der Waals surface area contributed by atoms with Crippen LogP contribution in [-0.2, 0) is 11.3 Å². The number of hydrogen-bond acceptors (Lipinski definition) is 1. The third-order valence-corrected chi connectivity index (χ3v) is 5.31. The van der Waals surface area contributed by atoms with E-state index in [1.54, 1.807) is 0 Å². The number of benzene rings is 3. The summed E-state index contributed by atoms with van der Waals surface area (Å²) >= 11 is 0. The van der Waals surface area contributed by atoms with Crippen molar-refractivity contribution in [1.29, 1.82) is 0 Å². The summed E-state index contributed by atoms with van der Waals surface area (Å²) in [7, 11) is 0. The third kappa shape index (κ3) is 2.72. The molecule has 0 spiro atoms. The number of amides is 1. The minimum atomic E-state index is 0.0507. The second-order valence-corrected chi connectivity index (χ2v) is 7.25. The van der Waals surface area contributed by atoms with Crippen molar-refractivity contribution in [1.82, 2.24) is 4.98 Å². The van der Waals surface area contributed by atoms with Crippen LogP contribution < -0.4 is 4.90 Å². The van der Waals surface area contributed by atoms with Crippen molar-refractivity contribution in [3.8, 4) is 0 Å². The number of carbonyl (C=O) groups is 1. The van der Waals surface area contributed by atoms with Crippen LogP contribution in [0, 0.1) is 6.92 Å². The van der Waals surface area contributed by atoms with Crippen LogP contribution in [0.25, 0.3) is 22.6 Å². The van der Waals surface area contributed by atoms with Crippen LogP contribution in [0.1, 0.15) is 22.3 Å². The van der Waals surface area contributed by atoms with Gasteiger partial charge in [-0.2, -0.15) is 0 Å². The first-order chi connectivity index (χ1) is 13.7. The molecule has 2 heterocycles. The zero-order chi connectivity index (χ0) is 19.1. The maximum Gasteiger partial charge on any atom is 0.259 e. The number of aromatic amines is 1. The van der Waals surface area contributed by atoms with E-state index in [-0.39, 0.29) is 5.91 Å². The molecule has 4 aromatic rings. The van der Waals surface area contributed by atoms with E-state index in [9.17, 15) is 4.79 Å². The maximum absolute atomic E-state index is 13.4. The van der Waals surface area contributed by atoms with Crippen LogP contribution in [0.4, 0.5) is 5.69 Å². The number of aryl methyl sites for hydroxylation is 1. The van der Waals surface area contributed by atoms with Gasteiger partial charge in [0.2, 0.25) is 0 Å². The van der Waals surface area contributed by atoms with E-state index in [4.69, 9.17) is 0 Å². The van der Waals surface area contributed by atoms with E-state index in [0.717, 1.165) is 44.4 Å². The Morgan fingerprint density at radius 1 is 0.964 bits per heavy atom. The largest absolute Gasteiger partial charge is 0.361 e. The topological polar surface area (TPSA) is 36.1 Å². The summed E-state index contributed by atoms with van der Waals surface area (Å²) in [5.41, 5.74) is 7.11. The predicted octanol–water partition coefficient (Wildman–Crippen LogP) is 5.56. The molecule has 3 nitrogen and oxygen atoms in total. The molecule has 0 fully saturated rings. The molecular weight excluding hydrogens is 344 g/mol. The Morgan fingerprint density at radius 3 is 2.61 bits per heavy atom. The first-order valence-electron chi connectivity index (χ1n) is 9.45. The fourth-order valence-corrected chi connectivity index (χ4v) is 3.90. The number of hydrogen-bond donors (Lipinski definition) is 1. The van der Waals surface area contributed by atoms with Gasteiger partial charge in [0.15, 0.2) is 0 Å². The minimum absolute atomic E-state index is 0.0507. The molecule has 3 aromatic carbocycles. The van der Waals surface area contributed by atoms with Crippen molar-refractivity contribution < 1.29 is 4.79 Å². The van der Waals surface area contributed by atoms with Crippen LogP contribution in [0.3, 0.4) is 0 Å². The Balaban J connectivity index is 1.63. The molecule has 0 aliphatic carbocycles. The summed E-state index contributed by atoms with van der Waals surface area (Å²) in [6, 6.07) is 24.5. The highest BCUT2D eigenvalue weighted by Crippen LogP contribution is 2.39. The van der Waals surface area contributed by atoms with Gasteiger partial charge in [0.1, 0.15) is 0 Å². The molecule has 1 aliphatic heterocycles. The third-order valence-electron chi connectivity index (χ3n) is 5.31. The van der Waals surface area contributed by atoms with Crippen LogP contribution >= 0.6 is 0 Å². The van der Waals surface area contributed by atoms with E-state index in [1.807, 2.05) is 53.6 Å². The quantitative estimate of drug-likeness (QED) is 0.474. The number of nitrogens with zero attached hydrogens (tertiary/aromatic N) is 1. The van der Waals surface area contributed by atoms with Gasteiger partial charge in [-0.25, -0.2) is 0 Å². The number of para-hydroxylation sites is 1. The number of carbonyl (C=O) groups excluding carboxylic acids is 1. The standard InChI is InChI=1S/C25H20N2O/c1-17-11-12-24-21(13-17)22(14-19-15-26-23-10-6-5-9-20(19)23)25(28)27(24)16-18-7-3-2-4-8-18/h2-15,26H,16H2,1H3/b22-14-. The number of fused-ring (bicyclic) bond motifs is 2. The lowest BCUT2D eigenvalue weighted by molar-refractivity contribution is -0.113. The second kappa shape index (κ2) is 6.54. The summed E-state index contributed by atoms with van der Waals surface area (Å²) in [6.45, 7) is 2.63. The molecule has 0 atom stereocenters. The van der Waals surface area contributed by atoms with Crippen LogP contribution in [0.5, 0.6) is 0 Å². The molecule has 28 heavy (non-hydrogen) atoms. The zero-order valence-corrected chi connectivity index (χ0v) is 15.6. The Morgan fingerprint density at radius 2 is 1.75 bits per heavy atom. The summed E-state index contributed by atoms with van der Waals surface area (Å²) in [4.78, 5) is 18.6. The molecule has 0 unspecified atom stereocenters. The Bertz CT molecular complexity index is 1220. The van der Waals surface area contributed by atoms with Crippen LogP contribution in [-0.4, -0.2) is 10.9 Å². The predicted molar refractivity (Wildman–Crippen MR) is 115 cm³/mol. The number of rotatable bonds is 3. The van der Waals surface area contributed by atoms with E-state index >= 15 is 0 Å². The van der Waals surface area contributed by atoms with Crippen molar-refractivity contribution >= 4 is 34.1 Å². The monoisotopic (exact) mass is 364 g/mol. The van der Waals surface area contributed by atoms with E-state index < -0.39 is 0 Å². The normalized spacial score (nSPS) is 14.8. The van der Waals surface area contributed by atoms with Crippen molar-refractivity contribution in [3.63, 3.8) is 0 Å². The van der Waals surface area contributed by atoms with Gasteiger partial charge in [0.25, 0.3) is 5.91 Å². The lowest BCUT2D eigenvalue weighted by Crippen LogP contribution is -2.25. The summed E-state index contributed by atoms with van der Waals surface area (Å²) in [5, 5.41) is 1.12. The molecule has 0 radical (unpaired) electrons. The summed E-state index contributed by atoms with van der Waals surface area (Å²) in [6.07, 6.45) is 3.99. The molecule has 0 saturated heterocycles.